The Morgan fingerprint density at radius 3 is 2.42 bits per heavy atom. The lowest BCUT2D eigenvalue weighted by molar-refractivity contribution is 0.485. The number of allylic oxidation sites excluding steroid dienone is 5. The Labute approximate surface area is 284 Å². The van der Waals surface area contributed by atoms with Gasteiger partial charge in [0, 0.05) is 46.6 Å². The fourth-order valence-electron chi connectivity index (χ4n) is 9.43. The molecule has 0 saturated heterocycles. The Balaban J connectivity index is 0.946. The zero-order valence-corrected chi connectivity index (χ0v) is 27.2. The molecule has 236 valence electrons. The van der Waals surface area contributed by atoms with E-state index in [1.807, 2.05) is 0 Å². The van der Waals surface area contributed by atoms with Gasteiger partial charge >= 0.3 is 0 Å². The van der Waals surface area contributed by atoms with Crippen molar-refractivity contribution in [2.45, 2.75) is 62.1 Å². The van der Waals surface area contributed by atoms with Crippen molar-refractivity contribution in [3.05, 3.63) is 178 Å². The van der Waals surface area contributed by atoms with Crippen LogP contribution in [0.3, 0.4) is 0 Å². The lowest BCUT2D eigenvalue weighted by Crippen LogP contribution is -2.35. The van der Waals surface area contributed by atoms with Crippen molar-refractivity contribution in [3.8, 4) is 0 Å². The maximum absolute atomic E-state index is 5.04. The molecule has 0 spiro atoms. The average Bonchev–Trinajstić information content (AvgIpc) is 3.67. The number of hydrogen-bond acceptors (Lipinski definition) is 2. The van der Waals surface area contributed by atoms with Crippen molar-refractivity contribution in [3.63, 3.8) is 0 Å². The summed E-state index contributed by atoms with van der Waals surface area (Å²) in [4.78, 5) is 5.27. The second-order valence-electron chi connectivity index (χ2n) is 14.2. The van der Waals surface area contributed by atoms with Gasteiger partial charge in [0.15, 0.2) is 0 Å². The number of anilines is 3. The Bertz CT molecular complexity index is 2030. The summed E-state index contributed by atoms with van der Waals surface area (Å²) < 4.78 is 0. The second-order valence-corrected chi connectivity index (χ2v) is 14.2. The van der Waals surface area contributed by atoms with Gasteiger partial charge in [0.25, 0.3) is 0 Å². The third kappa shape index (κ3) is 4.48. The van der Waals surface area contributed by atoms with Crippen LogP contribution in [0.25, 0.3) is 11.4 Å². The molecule has 10 rings (SSSR count). The molecular weight excluding hydrogens is 583 g/mol. The van der Waals surface area contributed by atoms with Gasteiger partial charge in [0.05, 0.1) is 6.04 Å². The highest BCUT2D eigenvalue weighted by Gasteiger charge is 2.43. The monoisotopic (exact) mass is 622 g/mol. The minimum Gasteiger partial charge on any atom is -0.674 e. The molecule has 4 aromatic rings. The van der Waals surface area contributed by atoms with Crippen molar-refractivity contribution in [2.24, 2.45) is 5.92 Å². The van der Waals surface area contributed by atoms with E-state index in [4.69, 9.17) is 5.32 Å². The molecule has 6 aliphatic rings. The van der Waals surface area contributed by atoms with E-state index in [9.17, 15) is 0 Å². The zero-order chi connectivity index (χ0) is 31.6. The molecule has 48 heavy (non-hydrogen) atoms. The van der Waals surface area contributed by atoms with E-state index in [2.05, 4.69) is 155 Å². The number of nitrogens with zero attached hydrogens (tertiary/aromatic N) is 3. The summed E-state index contributed by atoms with van der Waals surface area (Å²) in [6.45, 7) is 0. The largest absolute Gasteiger partial charge is 0.674 e. The van der Waals surface area contributed by atoms with Crippen molar-refractivity contribution < 1.29 is 0 Å². The highest BCUT2D eigenvalue weighted by molar-refractivity contribution is 5.76. The standard InChI is InChI=1S/C45H40N3/c1-2-11-34(12-3-1)47-42-16-8-5-13-36(42)38-28-32(21-26-44(38)47)33-22-27-45-39(29-33)37-14-6-9-17-43(37)48(45)35-23-18-31(19-24-35)41-25-20-30-10-4-7-15-40(30)46-41/h1-7,10-15,18-28,33,36,39,41-42,45H,8-9,16-17,29H2/q-1. The van der Waals surface area contributed by atoms with E-state index < -0.39 is 0 Å². The molecule has 3 aliphatic carbocycles. The van der Waals surface area contributed by atoms with Crippen LogP contribution in [-0.2, 0) is 0 Å². The Kier molecular flexibility index (Phi) is 6.60. The van der Waals surface area contributed by atoms with Gasteiger partial charge in [-0.2, -0.15) is 0 Å². The summed E-state index contributed by atoms with van der Waals surface area (Å²) in [7, 11) is 0. The Hall–Kier alpha value is -5.02. The first kappa shape index (κ1) is 28.0. The number of rotatable bonds is 4. The van der Waals surface area contributed by atoms with Crippen molar-refractivity contribution >= 4 is 28.8 Å². The number of fused-ring (bicyclic) bond motifs is 6. The van der Waals surface area contributed by atoms with E-state index in [1.165, 1.54) is 51.4 Å². The predicted molar refractivity (Wildman–Crippen MR) is 199 cm³/mol. The van der Waals surface area contributed by atoms with E-state index in [0.717, 1.165) is 31.4 Å². The summed E-state index contributed by atoms with van der Waals surface area (Å²) in [6, 6.07) is 37.0. The fourth-order valence-corrected chi connectivity index (χ4v) is 9.43. The van der Waals surface area contributed by atoms with Crippen molar-refractivity contribution in [2.75, 3.05) is 9.80 Å². The molecule has 0 fully saturated rings. The first-order chi connectivity index (χ1) is 23.8. The van der Waals surface area contributed by atoms with Crippen LogP contribution >= 0.6 is 0 Å². The first-order valence-electron chi connectivity index (χ1n) is 17.9. The number of para-hydroxylation sites is 2. The van der Waals surface area contributed by atoms with Gasteiger partial charge in [0.1, 0.15) is 0 Å². The van der Waals surface area contributed by atoms with Gasteiger partial charge < -0.3 is 15.1 Å². The molecule has 3 heteroatoms. The molecule has 0 saturated carbocycles. The van der Waals surface area contributed by atoms with Crippen LogP contribution in [0.1, 0.15) is 72.2 Å². The maximum atomic E-state index is 5.04. The third-order valence-electron chi connectivity index (χ3n) is 11.7. The Morgan fingerprint density at radius 1 is 0.667 bits per heavy atom. The molecule has 3 nitrogen and oxygen atoms in total. The van der Waals surface area contributed by atoms with E-state index >= 15 is 0 Å². The summed E-state index contributed by atoms with van der Waals surface area (Å²) >= 11 is 0. The molecule has 0 bridgehead atoms. The molecule has 0 aromatic heterocycles. The van der Waals surface area contributed by atoms with Crippen molar-refractivity contribution in [1.29, 1.82) is 0 Å². The second kappa shape index (κ2) is 11.3. The minimum atomic E-state index is 0.0643. The summed E-state index contributed by atoms with van der Waals surface area (Å²) in [5.41, 5.74) is 13.6. The smallest absolute Gasteiger partial charge is 0.0589 e. The normalized spacial score (nSPS) is 27.7. The Morgan fingerprint density at radius 2 is 1.50 bits per heavy atom. The van der Waals surface area contributed by atoms with Crippen LogP contribution < -0.4 is 9.80 Å². The van der Waals surface area contributed by atoms with E-state index in [0.29, 0.717) is 29.8 Å². The summed E-state index contributed by atoms with van der Waals surface area (Å²) in [5.74, 6) is 1.37. The lowest BCUT2D eigenvalue weighted by atomic mass is 9.76. The van der Waals surface area contributed by atoms with Gasteiger partial charge in [-0.15, -0.1) is 5.69 Å². The van der Waals surface area contributed by atoms with Crippen LogP contribution in [0.2, 0.25) is 0 Å². The third-order valence-corrected chi connectivity index (χ3v) is 11.7. The van der Waals surface area contributed by atoms with Crippen LogP contribution in [0.4, 0.5) is 22.7 Å². The molecule has 3 heterocycles. The van der Waals surface area contributed by atoms with Crippen LogP contribution in [-0.4, -0.2) is 12.1 Å². The molecule has 4 aromatic carbocycles. The van der Waals surface area contributed by atoms with Crippen LogP contribution in [0, 0.1) is 5.92 Å². The molecule has 6 atom stereocenters. The minimum absolute atomic E-state index is 0.0643. The van der Waals surface area contributed by atoms with Gasteiger partial charge in [-0.1, -0.05) is 127 Å². The SMILES string of the molecule is C1=CC2=C(CC1)N(c1ccc(C3C=Cc4ccccc4[N-]3)cc1)C1C=CC(c3ccc4c(c3)C3C=CCCC3N4c3ccccc3)CC21. The average molecular weight is 623 g/mol. The molecule has 0 amide bonds. The highest BCUT2D eigenvalue weighted by atomic mass is 15.2. The fraction of sp³-hybridized carbons (Fsp3) is 0.244. The van der Waals surface area contributed by atoms with Crippen LogP contribution in [0.5, 0.6) is 0 Å². The zero-order valence-electron chi connectivity index (χ0n) is 27.2. The van der Waals surface area contributed by atoms with Gasteiger partial charge in [-0.25, -0.2) is 0 Å². The summed E-state index contributed by atoms with van der Waals surface area (Å²) in [5, 5.41) is 5.04. The van der Waals surface area contributed by atoms with E-state index in [1.54, 1.807) is 5.57 Å². The van der Waals surface area contributed by atoms with E-state index in [-0.39, 0.29) is 6.04 Å². The molecule has 3 aliphatic heterocycles. The highest BCUT2D eigenvalue weighted by Crippen LogP contribution is 2.52. The summed E-state index contributed by atoms with van der Waals surface area (Å²) in [6.07, 6.45) is 24.9. The number of benzene rings is 4. The topological polar surface area (TPSA) is 20.6 Å². The quantitative estimate of drug-likeness (QED) is 0.211. The maximum Gasteiger partial charge on any atom is 0.0589 e. The van der Waals surface area contributed by atoms with Gasteiger partial charge in [-0.05, 0) is 84.7 Å². The predicted octanol–water partition coefficient (Wildman–Crippen LogP) is 11.6. The van der Waals surface area contributed by atoms with Crippen molar-refractivity contribution in [1.82, 2.24) is 0 Å². The molecule has 0 radical (unpaired) electrons. The molecule has 0 N–H and O–H groups in total. The van der Waals surface area contributed by atoms with Gasteiger partial charge in [0.2, 0.25) is 0 Å². The molecular formula is C45H40N3-. The number of hydrogen-bond donors (Lipinski definition) is 0. The lowest BCUT2D eigenvalue weighted by Gasteiger charge is -2.37. The first-order valence-corrected chi connectivity index (χ1v) is 17.9. The van der Waals surface area contributed by atoms with Crippen LogP contribution in [0.15, 0.2) is 151 Å². The molecule has 6 unspecified atom stereocenters. The van der Waals surface area contributed by atoms with Gasteiger partial charge in [-0.3, -0.25) is 0 Å².